The van der Waals surface area contributed by atoms with Gasteiger partial charge in [-0.25, -0.2) is 4.98 Å². The average Bonchev–Trinajstić information content (AvgIpc) is 3.26. The Labute approximate surface area is 151 Å². The zero-order valence-electron chi connectivity index (χ0n) is 15.1. The van der Waals surface area contributed by atoms with Crippen molar-refractivity contribution in [2.24, 2.45) is 13.0 Å². The number of aliphatic hydroxyl groups excluding tert-OH is 1. The fourth-order valence-corrected chi connectivity index (χ4v) is 3.59. The van der Waals surface area contributed by atoms with Crippen LogP contribution in [0.3, 0.4) is 0 Å². The van der Waals surface area contributed by atoms with Gasteiger partial charge in [0, 0.05) is 62.6 Å². The van der Waals surface area contributed by atoms with Crippen molar-refractivity contribution in [1.29, 1.82) is 0 Å². The number of fused-ring (bicyclic) bond motifs is 1. The monoisotopic (exact) mass is 353 g/mol. The second-order valence-electron chi connectivity index (χ2n) is 6.90. The Balaban J connectivity index is 1.80. The number of aromatic nitrogens is 4. The molecule has 0 amide bonds. The molecule has 3 aromatic rings. The van der Waals surface area contributed by atoms with Crippen molar-refractivity contribution in [2.75, 3.05) is 24.6 Å². The predicted molar refractivity (Wildman–Crippen MR) is 101 cm³/mol. The molecule has 0 radical (unpaired) electrons. The third-order valence-corrected chi connectivity index (χ3v) is 5.06. The Kier molecular flexibility index (Phi) is 4.24. The molecule has 1 N–H and O–H groups in total. The first-order valence-corrected chi connectivity index (χ1v) is 9.00. The summed E-state index contributed by atoms with van der Waals surface area (Å²) in [6, 6.07) is 6.02. The van der Waals surface area contributed by atoms with Crippen molar-refractivity contribution in [3.8, 4) is 11.3 Å². The van der Waals surface area contributed by atoms with E-state index in [-0.39, 0.29) is 18.1 Å². The fourth-order valence-electron chi connectivity index (χ4n) is 3.59. The van der Waals surface area contributed by atoms with Crippen LogP contribution in [0.2, 0.25) is 0 Å². The maximum absolute atomic E-state index is 12.8. The molecule has 7 nitrogen and oxygen atoms in total. The molecule has 136 valence electrons. The zero-order chi connectivity index (χ0) is 18.3. The first-order chi connectivity index (χ1) is 12.6. The molecule has 1 aliphatic rings. The highest BCUT2D eigenvalue weighted by Gasteiger charge is 2.25. The van der Waals surface area contributed by atoms with Crippen LogP contribution in [-0.2, 0) is 13.6 Å². The number of hydrogen-bond donors (Lipinski definition) is 1. The minimum Gasteiger partial charge on any atom is -0.396 e. The van der Waals surface area contributed by atoms with Gasteiger partial charge in [0.2, 0.25) is 0 Å². The van der Waals surface area contributed by atoms with Crippen LogP contribution in [0.5, 0.6) is 0 Å². The highest BCUT2D eigenvalue weighted by atomic mass is 16.3. The number of anilines is 1. The van der Waals surface area contributed by atoms with Crippen molar-refractivity contribution in [1.82, 2.24) is 19.3 Å². The van der Waals surface area contributed by atoms with E-state index in [9.17, 15) is 9.90 Å². The molecule has 0 spiro atoms. The van der Waals surface area contributed by atoms with E-state index in [0.29, 0.717) is 18.9 Å². The lowest BCUT2D eigenvalue weighted by Gasteiger charge is -2.19. The summed E-state index contributed by atoms with van der Waals surface area (Å²) in [6.45, 7) is 4.12. The molecule has 26 heavy (non-hydrogen) atoms. The van der Waals surface area contributed by atoms with Crippen LogP contribution in [-0.4, -0.2) is 44.1 Å². The van der Waals surface area contributed by atoms with Crippen LogP contribution in [0, 0.1) is 5.92 Å². The summed E-state index contributed by atoms with van der Waals surface area (Å²) >= 11 is 0. The molecule has 1 saturated heterocycles. The van der Waals surface area contributed by atoms with Gasteiger partial charge >= 0.3 is 0 Å². The van der Waals surface area contributed by atoms with E-state index in [2.05, 4.69) is 11.2 Å². The maximum atomic E-state index is 12.8. The summed E-state index contributed by atoms with van der Waals surface area (Å²) in [5.74, 6) is 0.688. The molecular formula is C19H23N5O2. The normalized spacial score (nSPS) is 17.3. The number of rotatable bonds is 4. The summed E-state index contributed by atoms with van der Waals surface area (Å²) in [7, 11) is 1.90. The van der Waals surface area contributed by atoms with Crippen LogP contribution in [0.25, 0.3) is 22.2 Å². The van der Waals surface area contributed by atoms with Gasteiger partial charge in [-0.2, -0.15) is 5.10 Å². The first kappa shape index (κ1) is 16.8. The molecular weight excluding hydrogens is 330 g/mol. The van der Waals surface area contributed by atoms with Crippen molar-refractivity contribution in [3.63, 3.8) is 0 Å². The quantitative estimate of drug-likeness (QED) is 0.772. The summed E-state index contributed by atoms with van der Waals surface area (Å²) in [6.07, 6.45) is 4.68. The van der Waals surface area contributed by atoms with Crippen LogP contribution in [0.1, 0.15) is 13.3 Å². The summed E-state index contributed by atoms with van der Waals surface area (Å²) in [5.41, 5.74) is 2.61. The smallest absolute Gasteiger partial charge is 0.293 e. The van der Waals surface area contributed by atoms with Gasteiger partial charge in [0.25, 0.3) is 5.56 Å². The summed E-state index contributed by atoms with van der Waals surface area (Å²) < 4.78 is 3.50. The number of benzene rings is 1. The van der Waals surface area contributed by atoms with Crippen molar-refractivity contribution < 1.29 is 5.11 Å². The topological polar surface area (TPSA) is 76.2 Å². The third-order valence-electron chi connectivity index (χ3n) is 5.06. The van der Waals surface area contributed by atoms with Crippen molar-refractivity contribution in [2.45, 2.75) is 19.9 Å². The van der Waals surface area contributed by atoms with E-state index >= 15 is 0 Å². The Bertz CT molecular complexity index is 1010. The molecule has 1 atom stereocenters. The lowest BCUT2D eigenvalue weighted by atomic mass is 10.1. The van der Waals surface area contributed by atoms with E-state index in [0.717, 1.165) is 35.1 Å². The predicted octanol–water partition coefficient (Wildman–Crippen LogP) is 1.64. The van der Waals surface area contributed by atoms with Gasteiger partial charge in [-0.1, -0.05) is 6.07 Å². The number of nitrogens with zero attached hydrogens (tertiary/aromatic N) is 5. The lowest BCUT2D eigenvalue weighted by molar-refractivity contribution is 0.238. The van der Waals surface area contributed by atoms with Crippen LogP contribution in [0.15, 0.2) is 35.4 Å². The average molecular weight is 353 g/mol. The van der Waals surface area contributed by atoms with Gasteiger partial charge in [0.05, 0.1) is 11.2 Å². The SMILES string of the molecule is CCn1cc(-c2ccc3nn(C)cc3c2)nc(N2CC[C@@H](CO)C2)c1=O. The molecule has 0 bridgehead atoms. The van der Waals surface area contributed by atoms with E-state index in [1.807, 2.05) is 43.4 Å². The van der Waals surface area contributed by atoms with Crippen molar-refractivity contribution >= 4 is 16.7 Å². The van der Waals surface area contributed by atoms with Crippen LogP contribution >= 0.6 is 0 Å². The standard InChI is InChI=1S/C19H23N5O2/c1-3-23-11-17(14-4-5-16-15(8-14)10-22(2)21-16)20-18(19(23)26)24-7-6-13(9-24)12-25/h4-5,8,10-11,13,25H,3,6-7,9,12H2,1-2H3/t13-/m1/s1. The van der Waals surface area contributed by atoms with Crippen molar-refractivity contribution in [3.05, 3.63) is 40.9 Å². The molecule has 2 aromatic heterocycles. The number of aliphatic hydroxyl groups is 1. The third kappa shape index (κ3) is 2.88. The fraction of sp³-hybridized carbons (Fsp3) is 0.421. The Hall–Kier alpha value is -2.67. The highest BCUT2D eigenvalue weighted by Crippen LogP contribution is 2.25. The van der Waals surface area contributed by atoms with E-state index in [4.69, 9.17) is 4.98 Å². The van der Waals surface area contributed by atoms with Gasteiger partial charge in [-0.05, 0) is 25.5 Å². The van der Waals surface area contributed by atoms with Crippen LogP contribution in [0.4, 0.5) is 5.82 Å². The number of aryl methyl sites for hydroxylation is 2. The molecule has 4 rings (SSSR count). The zero-order valence-corrected chi connectivity index (χ0v) is 15.1. The van der Waals surface area contributed by atoms with E-state index in [1.54, 1.807) is 9.25 Å². The van der Waals surface area contributed by atoms with Gasteiger partial charge in [-0.15, -0.1) is 0 Å². The number of hydrogen-bond acceptors (Lipinski definition) is 5. The molecule has 0 saturated carbocycles. The molecule has 7 heteroatoms. The van der Waals surface area contributed by atoms with Gasteiger partial charge < -0.3 is 14.6 Å². The highest BCUT2D eigenvalue weighted by molar-refractivity contribution is 5.83. The van der Waals surface area contributed by atoms with E-state index < -0.39 is 0 Å². The minimum absolute atomic E-state index is 0.0719. The largest absolute Gasteiger partial charge is 0.396 e. The van der Waals surface area contributed by atoms with Gasteiger partial charge in [-0.3, -0.25) is 9.48 Å². The van der Waals surface area contributed by atoms with Gasteiger partial charge in [0.1, 0.15) is 0 Å². The molecule has 1 fully saturated rings. The summed E-state index contributed by atoms with van der Waals surface area (Å²) in [5, 5.41) is 14.8. The Morgan fingerprint density at radius 3 is 2.88 bits per heavy atom. The first-order valence-electron chi connectivity index (χ1n) is 9.00. The molecule has 0 unspecified atom stereocenters. The summed E-state index contributed by atoms with van der Waals surface area (Å²) in [4.78, 5) is 19.5. The molecule has 3 heterocycles. The molecule has 0 aliphatic carbocycles. The molecule has 1 aromatic carbocycles. The lowest BCUT2D eigenvalue weighted by Crippen LogP contribution is -2.32. The van der Waals surface area contributed by atoms with E-state index in [1.165, 1.54) is 0 Å². The Morgan fingerprint density at radius 1 is 1.31 bits per heavy atom. The second-order valence-corrected chi connectivity index (χ2v) is 6.90. The maximum Gasteiger partial charge on any atom is 0.293 e. The molecule has 1 aliphatic heterocycles. The minimum atomic E-state index is -0.0719. The van der Waals surface area contributed by atoms with Gasteiger partial charge in [0.15, 0.2) is 5.82 Å². The second kappa shape index (κ2) is 6.57. The Morgan fingerprint density at radius 2 is 2.15 bits per heavy atom. The van der Waals surface area contributed by atoms with Crippen LogP contribution < -0.4 is 10.5 Å².